The fraction of sp³-hybridized carbons (Fsp3) is 0.667. The van der Waals surface area contributed by atoms with Crippen LogP contribution in [0.3, 0.4) is 0 Å². The number of piperazine rings is 2. The second-order valence-corrected chi connectivity index (χ2v) is 7.35. The van der Waals surface area contributed by atoms with Crippen molar-refractivity contribution in [3.63, 3.8) is 0 Å². The van der Waals surface area contributed by atoms with Crippen LogP contribution in [-0.2, 0) is 13.1 Å². The summed E-state index contributed by atoms with van der Waals surface area (Å²) in [6.45, 7) is 10.0. The number of nitrogens with two attached hydrogens (primary N) is 1. The van der Waals surface area contributed by atoms with Crippen LogP contribution in [0, 0.1) is 0 Å². The van der Waals surface area contributed by atoms with Crippen LogP contribution in [0.15, 0.2) is 12.1 Å². The minimum Gasteiger partial charge on any atom is -0.507 e. The third-order valence-electron chi connectivity index (χ3n) is 5.27. The van der Waals surface area contributed by atoms with Crippen LogP contribution in [0.5, 0.6) is 5.75 Å². The predicted molar refractivity (Wildman–Crippen MR) is 98.1 cm³/mol. The highest BCUT2D eigenvalue weighted by molar-refractivity contribution is 5.52. The molecule has 134 valence electrons. The molecule has 0 aliphatic carbocycles. The highest BCUT2D eigenvalue weighted by atomic mass is 16.3. The first-order valence-electron chi connectivity index (χ1n) is 8.93. The van der Waals surface area contributed by atoms with E-state index in [4.69, 9.17) is 5.73 Å². The summed E-state index contributed by atoms with van der Waals surface area (Å²) in [7, 11) is 4.31. The lowest BCUT2D eigenvalue weighted by atomic mass is 10.1. The molecule has 0 spiro atoms. The van der Waals surface area contributed by atoms with Gasteiger partial charge < -0.3 is 20.6 Å². The van der Waals surface area contributed by atoms with E-state index < -0.39 is 0 Å². The van der Waals surface area contributed by atoms with E-state index in [9.17, 15) is 5.11 Å². The van der Waals surface area contributed by atoms with Crippen LogP contribution in [0.4, 0.5) is 5.69 Å². The number of hydrogen-bond acceptors (Lipinski definition) is 6. The number of anilines is 1. The summed E-state index contributed by atoms with van der Waals surface area (Å²) >= 11 is 0. The fourth-order valence-corrected chi connectivity index (χ4v) is 3.52. The monoisotopic (exact) mass is 333 g/mol. The Morgan fingerprint density at radius 2 is 1.17 bits per heavy atom. The van der Waals surface area contributed by atoms with Gasteiger partial charge in [-0.25, -0.2) is 0 Å². The summed E-state index contributed by atoms with van der Waals surface area (Å²) in [5.74, 6) is 0.432. The van der Waals surface area contributed by atoms with Gasteiger partial charge in [0.05, 0.1) is 0 Å². The van der Waals surface area contributed by atoms with Gasteiger partial charge in [0.2, 0.25) is 0 Å². The molecule has 0 saturated carbocycles. The van der Waals surface area contributed by atoms with E-state index in [1.165, 1.54) is 0 Å². The highest BCUT2D eigenvalue weighted by Gasteiger charge is 2.19. The second kappa shape index (κ2) is 7.70. The molecule has 1 aromatic carbocycles. The Kier molecular flexibility index (Phi) is 5.61. The summed E-state index contributed by atoms with van der Waals surface area (Å²) in [4.78, 5) is 9.48. The van der Waals surface area contributed by atoms with Crippen LogP contribution in [0.1, 0.15) is 11.1 Å². The molecule has 0 atom stereocenters. The van der Waals surface area contributed by atoms with Gasteiger partial charge in [-0.2, -0.15) is 0 Å². The average molecular weight is 333 g/mol. The summed E-state index contributed by atoms with van der Waals surface area (Å²) in [6.07, 6.45) is 0. The normalized spacial score (nSPS) is 22.1. The Morgan fingerprint density at radius 1 is 0.792 bits per heavy atom. The zero-order valence-corrected chi connectivity index (χ0v) is 15.0. The number of phenolic OH excluding ortho intramolecular Hbond substituents is 1. The first-order valence-corrected chi connectivity index (χ1v) is 8.93. The molecule has 2 fully saturated rings. The van der Waals surface area contributed by atoms with Crippen LogP contribution < -0.4 is 5.73 Å². The number of benzene rings is 1. The van der Waals surface area contributed by atoms with E-state index >= 15 is 0 Å². The van der Waals surface area contributed by atoms with Gasteiger partial charge in [0, 0.05) is 82.3 Å². The van der Waals surface area contributed by atoms with E-state index in [1.807, 2.05) is 12.1 Å². The summed E-state index contributed by atoms with van der Waals surface area (Å²) in [5.41, 5.74) is 8.79. The molecule has 3 N–H and O–H groups in total. The number of aromatic hydroxyl groups is 1. The zero-order valence-electron chi connectivity index (χ0n) is 15.0. The van der Waals surface area contributed by atoms with Gasteiger partial charge in [-0.15, -0.1) is 0 Å². The molecule has 0 unspecified atom stereocenters. The Hall–Kier alpha value is -1.34. The van der Waals surface area contributed by atoms with E-state index in [0.717, 1.165) is 82.3 Å². The van der Waals surface area contributed by atoms with Crippen molar-refractivity contribution < 1.29 is 5.11 Å². The van der Waals surface area contributed by atoms with Crippen LogP contribution in [0.2, 0.25) is 0 Å². The minimum atomic E-state index is 0.432. The Balaban J connectivity index is 1.68. The average Bonchev–Trinajstić information content (AvgIpc) is 2.56. The molecule has 0 aromatic heterocycles. The molecule has 24 heavy (non-hydrogen) atoms. The minimum absolute atomic E-state index is 0.432. The van der Waals surface area contributed by atoms with Gasteiger partial charge in [-0.1, -0.05) is 0 Å². The number of nitrogen functional groups attached to an aromatic ring is 1. The van der Waals surface area contributed by atoms with Gasteiger partial charge in [0.15, 0.2) is 0 Å². The van der Waals surface area contributed by atoms with Crippen LogP contribution >= 0.6 is 0 Å². The van der Waals surface area contributed by atoms with E-state index in [2.05, 4.69) is 33.7 Å². The Morgan fingerprint density at radius 3 is 1.54 bits per heavy atom. The Labute approximate surface area is 145 Å². The summed E-state index contributed by atoms with van der Waals surface area (Å²) in [5, 5.41) is 10.7. The molecule has 3 rings (SSSR count). The van der Waals surface area contributed by atoms with Gasteiger partial charge in [-0.05, 0) is 26.2 Å². The van der Waals surface area contributed by atoms with Crippen molar-refractivity contribution in [1.82, 2.24) is 19.6 Å². The molecule has 6 nitrogen and oxygen atoms in total. The third kappa shape index (κ3) is 4.39. The van der Waals surface area contributed by atoms with Crippen LogP contribution in [-0.4, -0.2) is 91.2 Å². The third-order valence-corrected chi connectivity index (χ3v) is 5.27. The molecule has 0 radical (unpaired) electrons. The molecule has 2 aliphatic heterocycles. The fourth-order valence-electron chi connectivity index (χ4n) is 3.52. The Bertz CT molecular complexity index is 503. The van der Waals surface area contributed by atoms with Crippen molar-refractivity contribution in [2.75, 3.05) is 72.2 Å². The quantitative estimate of drug-likeness (QED) is 0.617. The largest absolute Gasteiger partial charge is 0.507 e. The van der Waals surface area contributed by atoms with Crippen molar-refractivity contribution in [3.8, 4) is 5.75 Å². The SMILES string of the molecule is CN1CCN(Cc2cc(N)cc(CN3CCN(C)CC3)c2O)CC1. The maximum Gasteiger partial charge on any atom is 0.124 e. The number of phenols is 1. The smallest absolute Gasteiger partial charge is 0.124 e. The molecule has 0 amide bonds. The molecule has 0 bridgehead atoms. The van der Waals surface area contributed by atoms with Crippen molar-refractivity contribution in [2.45, 2.75) is 13.1 Å². The van der Waals surface area contributed by atoms with Crippen molar-refractivity contribution in [1.29, 1.82) is 0 Å². The molecular formula is C18H31N5O. The van der Waals surface area contributed by atoms with E-state index in [0.29, 0.717) is 5.75 Å². The summed E-state index contributed by atoms with van der Waals surface area (Å²) < 4.78 is 0. The number of rotatable bonds is 4. The second-order valence-electron chi connectivity index (χ2n) is 7.35. The number of nitrogens with zero attached hydrogens (tertiary/aromatic N) is 4. The molecule has 2 saturated heterocycles. The van der Waals surface area contributed by atoms with Crippen molar-refractivity contribution in [2.24, 2.45) is 0 Å². The van der Waals surface area contributed by atoms with Crippen molar-refractivity contribution >= 4 is 5.69 Å². The predicted octanol–water partition coefficient (Wildman–Crippen LogP) is 0.469. The topological polar surface area (TPSA) is 59.2 Å². The van der Waals surface area contributed by atoms with E-state index in [1.54, 1.807) is 0 Å². The maximum atomic E-state index is 10.7. The van der Waals surface area contributed by atoms with Gasteiger partial charge in [0.25, 0.3) is 0 Å². The molecule has 6 heteroatoms. The first kappa shape index (κ1) is 17.5. The van der Waals surface area contributed by atoms with Crippen LogP contribution in [0.25, 0.3) is 0 Å². The first-order chi connectivity index (χ1) is 11.5. The zero-order chi connectivity index (χ0) is 17.1. The molecule has 2 heterocycles. The lowest BCUT2D eigenvalue weighted by Crippen LogP contribution is -2.44. The van der Waals surface area contributed by atoms with Gasteiger partial charge in [-0.3, -0.25) is 9.80 Å². The number of hydrogen-bond donors (Lipinski definition) is 2. The standard InChI is InChI=1S/C18H31N5O/c1-20-3-7-22(8-4-20)13-15-11-17(19)12-16(18(15)24)14-23-9-5-21(2)6-10-23/h11-12,24H,3-10,13-14,19H2,1-2H3. The molecular weight excluding hydrogens is 302 g/mol. The lowest BCUT2D eigenvalue weighted by molar-refractivity contribution is 0.144. The molecule has 1 aromatic rings. The summed E-state index contributed by atoms with van der Waals surface area (Å²) in [6, 6.07) is 3.86. The van der Waals surface area contributed by atoms with Crippen molar-refractivity contribution in [3.05, 3.63) is 23.3 Å². The maximum absolute atomic E-state index is 10.7. The lowest BCUT2D eigenvalue weighted by Gasteiger charge is -2.33. The van der Waals surface area contributed by atoms with Gasteiger partial charge in [0.1, 0.15) is 5.75 Å². The van der Waals surface area contributed by atoms with E-state index in [-0.39, 0.29) is 0 Å². The molecule has 2 aliphatic rings. The van der Waals surface area contributed by atoms with Gasteiger partial charge >= 0.3 is 0 Å². The highest BCUT2D eigenvalue weighted by Crippen LogP contribution is 2.29. The number of likely N-dealkylation sites (N-methyl/N-ethyl adjacent to an activating group) is 2.